The van der Waals surface area contributed by atoms with Gasteiger partial charge in [-0.15, -0.1) is 0 Å². The molecule has 1 aromatic carbocycles. The van der Waals surface area contributed by atoms with Crippen molar-refractivity contribution in [3.8, 4) is 17.2 Å². The number of nitrogens with one attached hydrogen (secondary N) is 2. The van der Waals surface area contributed by atoms with Crippen molar-refractivity contribution in [1.82, 2.24) is 10.6 Å². The quantitative estimate of drug-likeness (QED) is 0.745. The molecule has 8 nitrogen and oxygen atoms in total. The zero-order valence-corrected chi connectivity index (χ0v) is 13.2. The number of sulfone groups is 1. The van der Waals surface area contributed by atoms with Gasteiger partial charge in [-0.25, -0.2) is 13.2 Å². The van der Waals surface area contributed by atoms with Gasteiger partial charge in [0.2, 0.25) is 6.79 Å². The van der Waals surface area contributed by atoms with Crippen LogP contribution in [0, 0.1) is 0 Å². The van der Waals surface area contributed by atoms with E-state index in [2.05, 4.69) is 10.6 Å². The molecule has 9 heteroatoms. The molecule has 2 aliphatic rings. The van der Waals surface area contributed by atoms with Crippen LogP contribution in [0.2, 0.25) is 0 Å². The maximum absolute atomic E-state index is 11.7. The van der Waals surface area contributed by atoms with Crippen molar-refractivity contribution in [2.75, 3.05) is 31.5 Å². The van der Waals surface area contributed by atoms with Gasteiger partial charge in [-0.2, -0.15) is 0 Å². The molecule has 0 bridgehead atoms. The number of fused-ring (bicyclic) bond motifs is 1. The van der Waals surface area contributed by atoms with Crippen molar-refractivity contribution in [1.29, 1.82) is 0 Å². The summed E-state index contributed by atoms with van der Waals surface area (Å²) in [5.41, 5.74) is 0. The molecule has 0 aliphatic carbocycles. The Bertz CT molecular complexity index is 691. The van der Waals surface area contributed by atoms with Crippen LogP contribution in [0.1, 0.15) is 6.42 Å². The molecule has 3 rings (SSSR count). The predicted molar refractivity (Wildman–Crippen MR) is 81.7 cm³/mol. The minimum Gasteiger partial charge on any atom is -0.492 e. The van der Waals surface area contributed by atoms with Gasteiger partial charge in [0.1, 0.15) is 12.4 Å². The SMILES string of the molecule is O=C(NCCOc1ccc2c(c1)OCO2)N[C@H]1CCS(=O)(=O)C1. The van der Waals surface area contributed by atoms with Crippen molar-refractivity contribution < 1.29 is 27.4 Å². The van der Waals surface area contributed by atoms with Gasteiger partial charge in [0.15, 0.2) is 21.3 Å². The van der Waals surface area contributed by atoms with Crippen LogP contribution in [-0.2, 0) is 9.84 Å². The van der Waals surface area contributed by atoms with Crippen LogP contribution in [0.25, 0.3) is 0 Å². The summed E-state index contributed by atoms with van der Waals surface area (Å²) >= 11 is 0. The summed E-state index contributed by atoms with van der Waals surface area (Å²) in [6, 6.07) is 4.55. The first-order valence-electron chi connectivity index (χ1n) is 7.29. The molecule has 1 saturated heterocycles. The van der Waals surface area contributed by atoms with Gasteiger partial charge in [-0.05, 0) is 18.6 Å². The Labute approximate surface area is 134 Å². The fraction of sp³-hybridized carbons (Fsp3) is 0.500. The molecule has 126 valence electrons. The van der Waals surface area contributed by atoms with Crippen molar-refractivity contribution in [3.63, 3.8) is 0 Å². The average Bonchev–Trinajstić information content (AvgIpc) is 3.09. The third-order valence-corrected chi connectivity index (χ3v) is 5.34. The van der Waals surface area contributed by atoms with Crippen LogP contribution >= 0.6 is 0 Å². The largest absolute Gasteiger partial charge is 0.492 e. The first kappa shape index (κ1) is 15.7. The number of hydrogen-bond donors (Lipinski definition) is 2. The summed E-state index contributed by atoms with van der Waals surface area (Å²) in [7, 11) is -3.00. The number of carbonyl (C=O) groups excluding carboxylic acids is 1. The molecule has 1 fully saturated rings. The Morgan fingerprint density at radius 3 is 2.91 bits per heavy atom. The number of benzene rings is 1. The molecular formula is C14H18N2O6S. The standard InChI is InChI=1S/C14H18N2O6S/c17-14(16-10-3-6-23(18,19)8-10)15-4-5-20-11-1-2-12-13(7-11)22-9-21-12/h1-2,7,10H,3-6,8-9H2,(H2,15,16,17)/t10-/m0/s1. The molecule has 2 aliphatic heterocycles. The van der Waals surface area contributed by atoms with Gasteiger partial charge in [0, 0.05) is 12.1 Å². The minimum atomic E-state index is -3.00. The number of amides is 2. The van der Waals surface area contributed by atoms with Crippen LogP contribution in [0.5, 0.6) is 17.2 Å². The van der Waals surface area contributed by atoms with E-state index in [-0.39, 0.29) is 37.0 Å². The summed E-state index contributed by atoms with van der Waals surface area (Å²) in [4.78, 5) is 11.7. The fourth-order valence-electron chi connectivity index (χ4n) is 2.45. The summed E-state index contributed by atoms with van der Waals surface area (Å²) in [6.07, 6.45) is 0.462. The van der Waals surface area contributed by atoms with E-state index in [4.69, 9.17) is 14.2 Å². The summed E-state index contributed by atoms with van der Waals surface area (Å²) in [5.74, 6) is 2.08. The summed E-state index contributed by atoms with van der Waals surface area (Å²) < 4.78 is 38.6. The highest BCUT2D eigenvalue weighted by molar-refractivity contribution is 7.91. The van der Waals surface area contributed by atoms with Crippen LogP contribution in [-0.4, -0.2) is 51.9 Å². The van der Waals surface area contributed by atoms with Gasteiger partial charge in [0.25, 0.3) is 0 Å². The third-order valence-electron chi connectivity index (χ3n) is 3.57. The van der Waals surface area contributed by atoms with Crippen LogP contribution in [0.4, 0.5) is 4.79 Å². The highest BCUT2D eigenvalue weighted by atomic mass is 32.2. The third kappa shape index (κ3) is 4.19. The minimum absolute atomic E-state index is 0.00805. The molecule has 0 aromatic heterocycles. The molecule has 2 N–H and O–H groups in total. The second kappa shape index (κ2) is 6.53. The van der Waals surface area contributed by atoms with E-state index >= 15 is 0 Å². The van der Waals surface area contributed by atoms with Gasteiger partial charge >= 0.3 is 6.03 Å². The van der Waals surface area contributed by atoms with E-state index in [1.165, 1.54) is 0 Å². The summed E-state index contributed by atoms with van der Waals surface area (Å²) in [6.45, 7) is 0.799. The normalized spacial score (nSPS) is 21.0. The topological polar surface area (TPSA) is 103 Å². The van der Waals surface area contributed by atoms with Crippen molar-refractivity contribution >= 4 is 15.9 Å². The Morgan fingerprint density at radius 1 is 1.30 bits per heavy atom. The highest BCUT2D eigenvalue weighted by Crippen LogP contribution is 2.34. The smallest absolute Gasteiger partial charge is 0.315 e. The lowest BCUT2D eigenvalue weighted by Gasteiger charge is -2.12. The monoisotopic (exact) mass is 342 g/mol. The second-order valence-electron chi connectivity index (χ2n) is 5.36. The molecule has 1 atom stereocenters. The number of urea groups is 1. The second-order valence-corrected chi connectivity index (χ2v) is 7.59. The first-order chi connectivity index (χ1) is 11.0. The number of carbonyl (C=O) groups is 1. The highest BCUT2D eigenvalue weighted by Gasteiger charge is 2.28. The molecule has 23 heavy (non-hydrogen) atoms. The molecule has 2 heterocycles. The van der Waals surface area contributed by atoms with E-state index < -0.39 is 9.84 Å². The van der Waals surface area contributed by atoms with Crippen LogP contribution in [0.15, 0.2) is 18.2 Å². The van der Waals surface area contributed by atoms with E-state index in [9.17, 15) is 13.2 Å². The van der Waals surface area contributed by atoms with Crippen LogP contribution < -0.4 is 24.8 Å². The van der Waals surface area contributed by atoms with Gasteiger partial charge in [0.05, 0.1) is 18.1 Å². The van der Waals surface area contributed by atoms with E-state index in [1.807, 2.05) is 0 Å². The lowest BCUT2D eigenvalue weighted by atomic mass is 10.3. The molecule has 0 unspecified atom stereocenters. The van der Waals surface area contributed by atoms with Crippen molar-refractivity contribution in [3.05, 3.63) is 18.2 Å². The van der Waals surface area contributed by atoms with Crippen LogP contribution in [0.3, 0.4) is 0 Å². The Morgan fingerprint density at radius 2 is 2.13 bits per heavy atom. The van der Waals surface area contributed by atoms with Gasteiger partial charge in [-0.3, -0.25) is 0 Å². The van der Waals surface area contributed by atoms with E-state index in [0.29, 0.717) is 30.2 Å². The Kier molecular flexibility index (Phi) is 4.46. The van der Waals surface area contributed by atoms with Crippen molar-refractivity contribution in [2.45, 2.75) is 12.5 Å². The zero-order chi connectivity index (χ0) is 16.3. The molecule has 1 aromatic rings. The predicted octanol–water partition coefficient (Wildman–Crippen LogP) is 0.280. The van der Waals surface area contributed by atoms with Gasteiger partial charge < -0.3 is 24.8 Å². The number of hydrogen-bond acceptors (Lipinski definition) is 6. The number of ether oxygens (including phenoxy) is 3. The molecule has 0 spiro atoms. The Hall–Kier alpha value is -2.16. The van der Waals surface area contributed by atoms with E-state index in [0.717, 1.165) is 0 Å². The van der Waals surface area contributed by atoms with Gasteiger partial charge in [-0.1, -0.05) is 0 Å². The van der Waals surface area contributed by atoms with E-state index in [1.54, 1.807) is 18.2 Å². The maximum Gasteiger partial charge on any atom is 0.315 e. The fourth-order valence-corrected chi connectivity index (χ4v) is 4.12. The lowest BCUT2D eigenvalue weighted by molar-refractivity contribution is 0.173. The molecule has 2 amide bonds. The first-order valence-corrected chi connectivity index (χ1v) is 9.11. The summed E-state index contributed by atoms with van der Waals surface area (Å²) in [5, 5.41) is 5.28. The molecule has 0 radical (unpaired) electrons. The maximum atomic E-state index is 11.7. The molecular weight excluding hydrogens is 324 g/mol. The lowest BCUT2D eigenvalue weighted by Crippen LogP contribution is -2.43. The molecule has 0 saturated carbocycles. The Balaban J connectivity index is 1.36. The van der Waals surface area contributed by atoms with Crippen molar-refractivity contribution in [2.24, 2.45) is 0 Å². The number of rotatable bonds is 5. The average molecular weight is 342 g/mol. The zero-order valence-electron chi connectivity index (χ0n) is 12.4.